The van der Waals surface area contributed by atoms with E-state index in [4.69, 9.17) is 4.74 Å². The zero-order valence-corrected chi connectivity index (χ0v) is 15.5. The SMILES string of the molecule is COC(=O)c1ccc(C(=O)CSc2nc3cc(OC)ccc3n2C)cc1. The van der Waals surface area contributed by atoms with Gasteiger partial charge in [-0.2, -0.15) is 0 Å². The molecule has 0 aliphatic heterocycles. The Morgan fingerprint density at radius 2 is 1.77 bits per heavy atom. The minimum atomic E-state index is -0.423. The van der Waals surface area contributed by atoms with Gasteiger partial charge in [0.2, 0.25) is 0 Å². The number of Topliss-reactive ketones (excluding diaryl/α,β-unsaturated/α-hetero) is 1. The number of benzene rings is 2. The van der Waals surface area contributed by atoms with E-state index in [2.05, 4.69) is 9.72 Å². The van der Waals surface area contributed by atoms with Crippen LogP contribution in [0.4, 0.5) is 0 Å². The zero-order chi connectivity index (χ0) is 18.7. The fraction of sp³-hybridized carbons (Fsp3) is 0.211. The van der Waals surface area contributed by atoms with Crippen LogP contribution < -0.4 is 4.74 Å². The number of esters is 1. The lowest BCUT2D eigenvalue weighted by molar-refractivity contribution is 0.0600. The second-order valence-corrected chi connectivity index (χ2v) is 6.53. The van der Waals surface area contributed by atoms with Gasteiger partial charge < -0.3 is 14.0 Å². The third kappa shape index (κ3) is 3.57. The highest BCUT2D eigenvalue weighted by atomic mass is 32.2. The molecule has 0 N–H and O–H groups in total. The monoisotopic (exact) mass is 370 g/mol. The van der Waals surface area contributed by atoms with Crippen molar-refractivity contribution in [3.8, 4) is 5.75 Å². The summed E-state index contributed by atoms with van der Waals surface area (Å²) in [7, 11) is 4.86. The number of hydrogen-bond acceptors (Lipinski definition) is 6. The molecule has 0 saturated heterocycles. The first-order valence-electron chi connectivity index (χ1n) is 7.88. The van der Waals surface area contributed by atoms with Gasteiger partial charge in [-0.15, -0.1) is 0 Å². The first-order chi connectivity index (χ1) is 12.5. The number of aromatic nitrogens is 2. The summed E-state index contributed by atoms with van der Waals surface area (Å²) in [6.07, 6.45) is 0. The molecular formula is C19H18N2O4S. The molecule has 0 amide bonds. The maximum absolute atomic E-state index is 12.4. The van der Waals surface area contributed by atoms with Crippen LogP contribution in [0.25, 0.3) is 11.0 Å². The second kappa shape index (κ2) is 7.61. The molecule has 0 aliphatic rings. The Balaban J connectivity index is 1.72. The predicted octanol–water partition coefficient (Wildman–Crippen LogP) is 3.34. The van der Waals surface area contributed by atoms with E-state index >= 15 is 0 Å². The van der Waals surface area contributed by atoms with E-state index in [1.165, 1.54) is 18.9 Å². The summed E-state index contributed by atoms with van der Waals surface area (Å²) in [5.41, 5.74) is 2.76. The highest BCUT2D eigenvalue weighted by molar-refractivity contribution is 7.99. The Morgan fingerprint density at radius 3 is 2.42 bits per heavy atom. The van der Waals surface area contributed by atoms with Crippen molar-refractivity contribution in [2.24, 2.45) is 7.05 Å². The fourth-order valence-corrected chi connectivity index (χ4v) is 3.42. The van der Waals surface area contributed by atoms with Gasteiger partial charge >= 0.3 is 5.97 Å². The van der Waals surface area contributed by atoms with Gasteiger partial charge in [0.15, 0.2) is 10.9 Å². The molecule has 0 radical (unpaired) electrons. The Kier molecular flexibility index (Phi) is 5.27. The van der Waals surface area contributed by atoms with Gasteiger partial charge in [-0.25, -0.2) is 9.78 Å². The lowest BCUT2D eigenvalue weighted by Gasteiger charge is -2.04. The molecule has 134 valence electrons. The molecule has 0 unspecified atom stereocenters. The first-order valence-corrected chi connectivity index (χ1v) is 8.87. The Morgan fingerprint density at radius 1 is 1.08 bits per heavy atom. The van der Waals surface area contributed by atoms with Crippen LogP contribution in [-0.2, 0) is 11.8 Å². The predicted molar refractivity (Wildman–Crippen MR) is 100 cm³/mol. The van der Waals surface area contributed by atoms with Crippen molar-refractivity contribution in [2.45, 2.75) is 5.16 Å². The summed E-state index contributed by atoms with van der Waals surface area (Å²) >= 11 is 1.37. The standard InChI is InChI=1S/C19H18N2O4S/c1-21-16-9-8-14(24-2)10-15(16)20-19(21)26-11-17(22)12-4-6-13(7-5-12)18(23)25-3/h4-10H,11H2,1-3H3. The van der Waals surface area contributed by atoms with Crippen LogP contribution >= 0.6 is 11.8 Å². The molecule has 0 aliphatic carbocycles. The average molecular weight is 370 g/mol. The number of carbonyl (C=O) groups is 2. The number of fused-ring (bicyclic) bond motifs is 1. The van der Waals surface area contributed by atoms with E-state index in [0.29, 0.717) is 11.1 Å². The summed E-state index contributed by atoms with van der Waals surface area (Å²) in [4.78, 5) is 28.4. The molecule has 6 nitrogen and oxygen atoms in total. The Hall–Kier alpha value is -2.80. The van der Waals surface area contributed by atoms with Gasteiger partial charge in [0.1, 0.15) is 5.75 Å². The van der Waals surface area contributed by atoms with Crippen molar-refractivity contribution in [3.63, 3.8) is 0 Å². The molecule has 0 fully saturated rings. The van der Waals surface area contributed by atoms with Crippen LogP contribution in [0.2, 0.25) is 0 Å². The number of rotatable bonds is 6. The van der Waals surface area contributed by atoms with Crippen molar-refractivity contribution in [3.05, 3.63) is 53.6 Å². The van der Waals surface area contributed by atoms with Gasteiger partial charge in [-0.1, -0.05) is 23.9 Å². The van der Waals surface area contributed by atoms with Crippen molar-refractivity contribution < 1.29 is 19.1 Å². The van der Waals surface area contributed by atoms with Gasteiger partial charge in [-0.05, 0) is 24.3 Å². The number of ketones is 1. The Bertz CT molecular complexity index is 964. The fourth-order valence-electron chi connectivity index (χ4n) is 2.54. The largest absolute Gasteiger partial charge is 0.497 e. The summed E-state index contributed by atoms with van der Waals surface area (Å²) in [5, 5.41) is 0.757. The van der Waals surface area contributed by atoms with Crippen LogP contribution in [-0.4, -0.2) is 41.3 Å². The third-order valence-corrected chi connectivity index (χ3v) is 5.04. The van der Waals surface area contributed by atoms with Crippen molar-refractivity contribution in [1.82, 2.24) is 9.55 Å². The lowest BCUT2D eigenvalue weighted by atomic mass is 10.1. The van der Waals surface area contributed by atoms with Crippen LogP contribution in [0.1, 0.15) is 20.7 Å². The summed E-state index contributed by atoms with van der Waals surface area (Å²) < 4.78 is 11.8. The van der Waals surface area contributed by atoms with E-state index < -0.39 is 5.97 Å². The summed E-state index contributed by atoms with van der Waals surface area (Å²) in [6, 6.07) is 12.1. The zero-order valence-electron chi connectivity index (χ0n) is 14.7. The number of carbonyl (C=O) groups excluding carboxylic acids is 2. The molecule has 2 aromatic carbocycles. The van der Waals surface area contributed by atoms with Gasteiger partial charge in [0.25, 0.3) is 0 Å². The highest BCUT2D eigenvalue weighted by Crippen LogP contribution is 2.26. The first kappa shape index (κ1) is 18.0. The normalized spacial score (nSPS) is 10.7. The number of hydrogen-bond donors (Lipinski definition) is 0. The molecule has 1 aromatic heterocycles. The molecule has 0 saturated carbocycles. The molecule has 0 bridgehead atoms. The van der Waals surface area contributed by atoms with Gasteiger partial charge in [0.05, 0.1) is 36.6 Å². The number of thioether (sulfide) groups is 1. The van der Waals surface area contributed by atoms with Crippen LogP contribution in [0.5, 0.6) is 5.75 Å². The summed E-state index contributed by atoms with van der Waals surface area (Å²) in [6.45, 7) is 0. The number of methoxy groups -OCH3 is 2. The van der Waals surface area contributed by atoms with Crippen LogP contribution in [0.3, 0.4) is 0 Å². The minimum absolute atomic E-state index is 0.0314. The number of aryl methyl sites for hydroxylation is 1. The topological polar surface area (TPSA) is 70.4 Å². The minimum Gasteiger partial charge on any atom is -0.497 e. The molecule has 3 aromatic rings. The second-order valence-electron chi connectivity index (χ2n) is 5.59. The molecule has 26 heavy (non-hydrogen) atoms. The van der Waals surface area contributed by atoms with E-state index in [1.54, 1.807) is 31.4 Å². The highest BCUT2D eigenvalue weighted by Gasteiger charge is 2.13. The number of imidazole rings is 1. The van der Waals surface area contributed by atoms with Crippen molar-refractivity contribution in [1.29, 1.82) is 0 Å². The van der Waals surface area contributed by atoms with E-state index in [1.807, 2.05) is 29.8 Å². The smallest absolute Gasteiger partial charge is 0.337 e. The molecule has 7 heteroatoms. The molecule has 1 heterocycles. The molecule has 0 atom stereocenters. The Labute approximate surface area is 155 Å². The maximum Gasteiger partial charge on any atom is 0.337 e. The third-order valence-electron chi connectivity index (χ3n) is 4.01. The van der Waals surface area contributed by atoms with Crippen LogP contribution in [0.15, 0.2) is 47.6 Å². The van der Waals surface area contributed by atoms with Gasteiger partial charge in [0, 0.05) is 18.7 Å². The number of ether oxygens (including phenoxy) is 2. The molecule has 3 rings (SSSR count). The molecular weight excluding hydrogens is 352 g/mol. The number of nitrogens with zero attached hydrogens (tertiary/aromatic N) is 2. The quantitative estimate of drug-likeness (QED) is 0.376. The van der Waals surface area contributed by atoms with Crippen LogP contribution in [0, 0.1) is 0 Å². The van der Waals surface area contributed by atoms with E-state index in [0.717, 1.165) is 21.9 Å². The van der Waals surface area contributed by atoms with E-state index in [9.17, 15) is 9.59 Å². The molecule has 0 spiro atoms. The van der Waals surface area contributed by atoms with Crippen molar-refractivity contribution in [2.75, 3.05) is 20.0 Å². The van der Waals surface area contributed by atoms with Crippen molar-refractivity contribution >= 4 is 34.5 Å². The summed E-state index contributed by atoms with van der Waals surface area (Å²) in [5.74, 6) is 0.546. The van der Waals surface area contributed by atoms with E-state index in [-0.39, 0.29) is 11.5 Å². The lowest BCUT2D eigenvalue weighted by Crippen LogP contribution is -2.05. The maximum atomic E-state index is 12.4. The average Bonchev–Trinajstić information content (AvgIpc) is 3.00. The van der Waals surface area contributed by atoms with Gasteiger partial charge in [-0.3, -0.25) is 4.79 Å².